The van der Waals surface area contributed by atoms with Crippen molar-refractivity contribution in [3.05, 3.63) is 76.0 Å². The molecule has 1 aromatic carbocycles. The number of carbonyl (C=O) groups excluding carboxylic acids is 1. The van der Waals surface area contributed by atoms with Crippen molar-refractivity contribution in [2.45, 2.75) is 44.2 Å². The summed E-state index contributed by atoms with van der Waals surface area (Å²) in [7, 11) is 0. The zero-order valence-corrected chi connectivity index (χ0v) is 19.1. The Morgan fingerprint density at radius 3 is 2.94 bits per heavy atom. The number of benzene rings is 1. The molecule has 1 aromatic heterocycles. The van der Waals surface area contributed by atoms with Gasteiger partial charge in [-0.25, -0.2) is 14.4 Å². The van der Waals surface area contributed by atoms with Gasteiger partial charge >= 0.3 is 0 Å². The number of nitrogens with two attached hydrogens (primary N) is 1. The predicted octanol–water partition coefficient (Wildman–Crippen LogP) is 4.69. The number of hydrogen-bond acceptors (Lipinski definition) is 6. The minimum Gasteiger partial charge on any atom is -0.396 e. The van der Waals surface area contributed by atoms with Crippen molar-refractivity contribution in [1.82, 2.24) is 15.3 Å². The van der Waals surface area contributed by atoms with Crippen LogP contribution in [0.5, 0.6) is 0 Å². The standard InChI is InChI=1S/C25H24ClFN6O/c26-19-13-30-25(33-23(19)18-12-29-22-7-2-1-6-17(18)22)32-16-5-3-4-15(11-16)31-24(34)14-8-9-21(28)20(27)10-14/h1-2,7-10,12-13,15-16H,3-6,11,28H2,(H,31,34)(H,30,32,33)/t15-,16+/m0/s1. The highest BCUT2D eigenvalue weighted by molar-refractivity contribution is 6.34. The second kappa shape index (κ2) is 9.38. The van der Waals surface area contributed by atoms with Gasteiger partial charge in [0.1, 0.15) is 5.82 Å². The van der Waals surface area contributed by atoms with E-state index in [-0.39, 0.29) is 29.2 Å². The van der Waals surface area contributed by atoms with Gasteiger partial charge in [-0.1, -0.05) is 23.8 Å². The Morgan fingerprint density at radius 2 is 2.09 bits per heavy atom. The molecule has 174 valence electrons. The van der Waals surface area contributed by atoms with Crippen molar-refractivity contribution in [2.24, 2.45) is 4.99 Å². The Bertz CT molecular complexity index is 1270. The van der Waals surface area contributed by atoms with Crippen LogP contribution in [-0.4, -0.2) is 34.2 Å². The summed E-state index contributed by atoms with van der Waals surface area (Å²) in [6, 6.07) is 4.13. The lowest BCUT2D eigenvalue weighted by Gasteiger charge is -2.30. The summed E-state index contributed by atoms with van der Waals surface area (Å²) in [4.78, 5) is 26.1. The molecule has 2 heterocycles. The summed E-state index contributed by atoms with van der Waals surface area (Å²) >= 11 is 6.44. The molecule has 2 atom stereocenters. The van der Waals surface area contributed by atoms with Gasteiger partial charge in [0.05, 0.1) is 28.3 Å². The molecular formula is C25H24ClFN6O. The minimum absolute atomic E-state index is 0.0217. The van der Waals surface area contributed by atoms with Crippen molar-refractivity contribution in [3.63, 3.8) is 0 Å². The SMILES string of the molecule is Nc1ccc(C(=O)N[C@H]2CCC[C@@H](Nc3ncc(Cl)c(C4=C5CC=CC=C5N=C4)n3)C2)cc1F. The van der Waals surface area contributed by atoms with E-state index in [0.717, 1.165) is 48.6 Å². The molecule has 4 N–H and O–H groups in total. The first-order valence-corrected chi connectivity index (χ1v) is 11.7. The zero-order valence-electron chi connectivity index (χ0n) is 18.4. The van der Waals surface area contributed by atoms with Crippen LogP contribution >= 0.6 is 11.6 Å². The highest BCUT2D eigenvalue weighted by Crippen LogP contribution is 2.35. The number of aliphatic imine (C=N–C) groups is 1. The van der Waals surface area contributed by atoms with Crippen LogP contribution in [0, 0.1) is 5.82 Å². The number of nitrogens with zero attached hydrogens (tertiary/aromatic N) is 3. The summed E-state index contributed by atoms with van der Waals surface area (Å²) in [5.74, 6) is -0.419. The molecule has 3 aliphatic rings. The second-order valence-electron chi connectivity index (χ2n) is 8.64. The maximum atomic E-state index is 13.7. The number of fused-ring (bicyclic) bond motifs is 1. The maximum absolute atomic E-state index is 13.7. The Morgan fingerprint density at radius 1 is 1.24 bits per heavy atom. The van der Waals surface area contributed by atoms with E-state index in [1.165, 1.54) is 12.1 Å². The fourth-order valence-corrected chi connectivity index (χ4v) is 4.73. The molecule has 9 heteroatoms. The van der Waals surface area contributed by atoms with Crippen molar-refractivity contribution < 1.29 is 9.18 Å². The summed E-state index contributed by atoms with van der Waals surface area (Å²) in [5.41, 5.74) is 9.39. The first-order valence-electron chi connectivity index (χ1n) is 11.3. The molecule has 1 fully saturated rings. The molecule has 1 aliphatic heterocycles. The smallest absolute Gasteiger partial charge is 0.251 e. The molecule has 0 unspecified atom stereocenters. The number of aromatic nitrogens is 2. The van der Waals surface area contributed by atoms with E-state index in [2.05, 4.69) is 26.7 Å². The summed E-state index contributed by atoms with van der Waals surface area (Å²) in [6.45, 7) is 0. The Balaban J connectivity index is 1.27. The molecule has 34 heavy (non-hydrogen) atoms. The number of halogens is 2. The lowest BCUT2D eigenvalue weighted by atomic mass is 9.91. The normalized spacial score (nSPS) is 21.3. The van der Waals surface area contributed by atoms with E-state index in [4.69, 9.17) is 22.3 Å². The average Bonchev–Trinajstić information content (AvgIpc) is 3.26. The molecule has 0 bridgehead atoms. The molecule has 5 rings (SSSR count). The molecule has 0 radical (unpaired) electrons. The Kier molecular flexibility index (Phi) is 6.15. The first kappa shape index (κ1) is 22.3. The van der Waals surface area contributed by atoms with Gasteiger partial charge < -0.3 is 16.4 Å². The lowest BCUT2D eigenvalue weighted by Crippen LogP contribution is -2.42. The van der Waals surface area contributed by atoms with Crippen LogP contribution in [-0.2, 0) is 0 Å². The van der Waals surface area contributed by atoms with Crippen LogP contribution in [0.15, 0.2) is 58.9 Å². The molecule has 2 aromatic rings. The summed E-state index contributed by atoms with van der Waals surface area (Å²) < 4.78 is 13.7. The number of rotatable bonds is 5. The van der Waals surface area contributed by atoms with Crippen LogP contribution in [0.2, 0.25) is 5.02 Å². The van der Waals surface area contributed by atoms with Gasteiger partial charge in [-0.2, -0.15) is 0 Å². The number of hydrogen-bond donors (Lipinski definition) is 3. The highest BCUT2D eigenvalue weighted by Gasteiger charge is 2.26. The number of carbonyl (C=O) groups is 1. The molecule has 1 saturated carbocycles. The zero-order chi connectivity index (χ0) is 23.7. The van der Waals surface area contributed by atoms with Crippen molar-refractivity contribution in [2.75, 3.05) is 11.1 Å². The number of nitrogen functional groups attached to an aromatic ring is 1. The number of allylic oxidation sites excluding steroid dienone is 5. The van der Waals surface area contributed by atoms with E-state index in [1.807, 2.05) is 12.2 Å². The van der Waals surface area contributed by atoms with E-state index in [0.29, 0.717) is 23.1 Å². The third kappa shape index (κ3) is 4.59. The molecule has 7 nitrogen and oxygen atoms in total. The van der Waals surface area contributed by atoms with Gasteiger partial charge in [-0.15, -0.1) is 0 Å². The molecule has 0 saturated heterocycles. The van der Waals surface area contributed by atoms with Gasteiger partial charge in [0.2, 0.25) is 5.95 Å². The largest absolute Gasteiger partial charge is 0.396 e. The van der Waals surface area contributed by atoms with E-state index >= 15 is 0 Å². The molecule has 1 amide bonds. The summed E-state index contributed by atoms with van der Waals surface area (Å²) in [5, 5.41) is 6.88. The van der Waals surface area contributed by atoms with E-state index in [9.17, 15) is 9.18 Å². The van der Waals surface area contributed by atoms with Crippen LogP contribution in [0.4, 0.5) is 16.0 Å². The first-order chi connectivity index (χ1) is 16.5. The summed E-state index contributed by atoms with van der Waals surface area (Å²) in [6.07, 6.45) is 13.7. The Labute approximate surface area is 201 Å². The monoisotopic (exact) mass is 478 g/mol. The van der Waals surface area contributed by atoms with Crippen molar-refractivity contribution >= 4 is 40.9 Å². The van der Waals surface area contributed by atoms with Crippen molar-refractivity contribution in [3.8, 4) is 0 Å². The highest BCUT2D eigenvalue weighted by atomic mass is 35.5. The molecular weight excluding hydrogens is 455 g/mol. The topological polar surface area (TPSA) is 105 Å². The van der Waals surface area contributed by atoms with Gasteiger partial charge in [0, 0.05) is 29.4 Å². The van der Waals surface area contributed by atoms with Crippen LogP contribution in [0.1, 0.15) is 48.2 Å². The van der Waals surface area contributed by atoms with Crippen LogP contribution in [0.3, 0.4) is 0 Å². The maximum Gasteiger partial charge on any atom is 0.251 e. The predicted molar refractivity (Wildman–Crippen MR) is 132 cm³/mol. The molecule has 0 spiro atoms. The fraction of sp³-hybridized carbons (Fsp3) is 0.280. The third-order valence-electron chi connectivity index (χ3n) is 6.28. The quantitative estimate of drug-likeness (QED) is 0.541. The average molecular weight is 479 g/mol. The van der Waals surface area contributed by atoms with Gasteiger partial charge in [-0.3, -0.25) is 9.79 Å². The Hall–Kier alpha value is -3.52. The second-order valence-corrected chi connectivity index (χ2v) is 9.05. The van der Waals surface area contributed by atoms with Gasteiger partial charge in [0.25, 0.3) is 5.91 Å². The van der Waals surface area contributed by atoms with Crippen LogP contribution < -0.4 is 16.4 Å². The third-order valence-corrected chi connectivity index (χ3v) is 6.56. The minimum atomic E-state index is -0.596. The van der Waals surface area contributed by atoms with Crippen molar-refractivity contribution in [1.29, 1.82) is 0 Å². The number of amides is 1. The number of nitrogens with one attached hydrogen (secondary N) is 2. The molecule has 2 aliphatic carbocycles. The number of anilines is 2. The van der Waals surface area contributed by atoms with Gasteiger partial charge in [-0.05, 0) is 62.0 Å². The lowest BCUT2D eigenvalue weighted by molar-refractivity contribution is 0.0926. The van der Waals surface area contributed by atoms with Crippen LogP contribution in [0.25, 0.3) is 5.57 Å². The van der Waals surface area contributed by atoms with Gasteiger partial charge in [0.15, 0.2) is 0 Å². The van der Waals surface area contributed by atoms with E-state index < -0.39 is 5.82 Å². The van der Waals surface area contributed by atoms with E-state index in [1.54, 1.807) is 12.4 Å². The fourth-order valence-electron chi connectivity index (χ4n) is 4.53.